The molecule has 137 heavy (non-hydrogen) atoms. The molecular formula is C75H127NO61. The minimum atomic E-state index is -2.59. The van der Waals surface area contributed by atoms with E-state index in [1.165, 1.54) is 0 Å². The van der Waals surface area contributed by atoms with E-state index in [1.54, 1.807) is 0 Å². The van der Waals surface area contributed by atoms with Gasteiger partial charge in [-0.1, -0.05) is 0 Å². The molecule has 0 saturated carbocycles. The Bertz CT molecular complexity index is 3620. The summed E-state index contributed by atoms with van der Waals surface area (Å²) in [5, 5.41) is 405. The molecule has 0 bridgehead atoms. The maximum atomic E-state index is 13.6. The van der Waals surface area contributed by atoms with Crippen LogP contribution >= 0.6 is 0 Å². The van der Waals surface area contributed by atoms with Gasteiger partial charge in [-0.05, 0) is 0 Å². The molecule has 60 atom stereocenters. The summed E-state index contributed by atoms with van der Waals surface area (Å²) in [7, 11) is 1.06. The minimum Gasteiger partial charge on any atom is -0.394 e. The van der Waals surface area contributed by atoms with Crippen LogP contribution in [0, 0.1) is 0 Å². The van der Waals surface area contributed by atoms with Gasteiger partial charge in [0.1, 0.15) is 293 Å². The summed E-state index contributed by atoms with van der Waals surface area (Å²) in [6.45, 7) is -13.1. The summed E-state index contributed by atoms with van der Waals surface area (Å²) < 4.78 is 140. The summed E-state index contributed by atoms with van der Waals surface area (Å²) >= 11 is 0. The van der Waals surface area contributed by atoms with Gasteiger partial charge in [-0.3, -0.25) is 4.79 Å². The summed E-state index contributed by atoms with van der Waals surface area (Å²) in [5.74, 6) is -1.10. The number of rotatable bonds is 36. The number of aliphatic hydroxyl groups is 36. The van der Waals surface area contributed by atoms with Crippen LogP contribution < -0.4 is 5.32 Å². The van der Waals surface area contributed by atoms with Crippen molar-refractivity contribution in [3.8, 4) is 0 Å². The second-order valence-corrected chi connectivity index (χ2v) is 34.5. The normalized spacial score (nSPS) is 52.5. The van der Waals surface area contributed by atoms with E-state index in [-0.39, 0.29) is 0 Å². The number of carbonyl (C=O) groups is 1. The maximum Gasteiger partial charge on any atom is 0.217 e. The fraction of sp³-hybridized carbons (Fsp3) is 0.987. The van der Waals surface area contributed by atoms with E-state index in [4.69, 9.17) is 114 Å². The topological polar surface area (TPSA) is 979 Å². The Morgan fingerprint density at radius 2 is 0.380 bits per heavy atom. The smallest absolute Gasteiger partial charge is 0.217 e. The predicted molar refractivity (Wildman–Crippen MR) is 411 cm³/mol. The average molecular weight is 2020 g/mol. The fourth-order valence-corrected chi connectivity index (χ4v) is 18.0. The molecule has 37 N–H and O–H groups in total. The van der Waals surface area contributed by atoms with E-state index in [9.17, 15) is 189 Å². The Kier molecular flexibility index (Phi) is 40.6. The van der Waals surface area contributed by atoms with Gasteiger partial charge in [-0.15, -0.1) is 0 Å². The lowest BCUT2D eigenvalue weighted by Gasteiger charge is -2.52. The molecule has 1 amide bonds. The van der Waals surface area contributed by atoms with Crippen LogP contribution in [0.5, 0.6) is 0 Å². The number of amides is 1. The van der Waals surface area contributed by atoms with Gasteiger partial charge in [0.15, 0.2) is 75.5 Å². The Hall–Kier alpha value is -2.93. The molecule has 0 spiro atoms. The molecule has 0 radical (unpaired) electrons. The van der Waals surface area contributed by atoms with Crippen molar-refractivity contribution in [3.05, 3.63) is 0 Å². The lowest BCUT2D eigenvalue weighted by Crippen LogP contribution is -2.71. The Morgan fingerprint density at radius 1 is 0.190 bits per heavy atom. The number of carbonyl (C=O) groups excluding carboxylic acids is 1. The molecule has 1 unspecified atom stereocenters. The molecule has 62 heteroatoms. The van der Waals surface area contributed by atoms with Crippen LogP contribution in [0.15, 0.2) is 0 Å². The van der Waals surface area contributed by atoms with Crippen LogP contribution in [-0.4, -0.2) is 645 Å². The zero-order chi connectivity index (χ0) is 100. The quantitative estimate of drug-likeness (QED) is 0.0277. The first kappa shape index (κ1) is 113. The summed E-state index contributed by atoms with van der Waals surface area (Å²) in [6, 6.07) is -2.19. The number of hydrogen-bond acceptors (Lipinski definition) is 61. The average Bonchev–Trinajstić information content (AvgIpc) is 0.739. The van der Waals surface area contributed by atoms with Crippen molar-refractivity contribution >= 4 is 5.91 Å². The van der Waals surface area contributed by atoms with Gasteiger partial charge < -0.3 is 303 Å². The highest BCUT2D eigenvalue weighted by molar-refractivity contribution is 5.73. The van der Waals surface area contributed by atoms with E-state index in [2.05, 4.69) is 5.32 Å². The van der Waals surface area contributed by atoms with Crippen molar-refractivity contribution in [2.45, 2.75) is 375 Å². The summed E-state index contributed by atoms with van der Waals surface area (Å²) in [5.41, 5.74) is 0. The van der Waals surface area contributed by atoms with Crippen molar-refractivity contribution in [1.29, 1.82) is 0 Å². The standard InChI is InChI=1S/C75H127NO61/c1-15(89)76-28-52(32(93)20(7-81)116-65(28)137-63-60(40(101)27(14-88)126-75(63)132-54-34(95)19(6-80)115-64(113)45(54)106)134-72-50(111)55(35(96)25(12-86)123-72)128-66-44(105)41(102)29(90)16(3-77)117-66)127-68-47(108)56(36(97)22(9-83)119-68)129-69-48(109)57(37(98)23(10-84)120-69)130-70-49(110)58(38(99)24(11-85)121-70)131-71-51(112)59(39(100)26(13-87)122-71)133-73-62(43(104)31(92)17(4-78)124-73)136-74-61(42(103)30(91)18(5-79)125-74)135-67-46(107)53(114-2)33(94)21(8-82)118-67/h16-75,77-88,90-113H,3-14H2,1-2H3,(H,76,89)/t16-,17-,18-,19-,20-,21-,22-,23-,24-,25-,26-,27-,28-,29-,30-,31-,32-,33-,34+,35+,36-,37-,38-,39-,40-,41+,42+,43+,44-,45-,46+,47+,48+,49?,50-,51+,52-,53+,54+,55+,56+,57+,58+,59+,60+,61-,62+,63+,64+,65-,66+,67-,68-,69-,70-,71-,72-,73-,74-,75+/m1/s1. The highest BCUT2D eigenvalue weighted by Gasteiger charge is 2.64. The fourth-order valence-electron chi connectivity index (χ4n) is 18.0. The third-order valence-corrected chi connectivity index (χ3v) is 25.8. The minimum absolute atomic E-state index is 0.847. The van der Waals surface area contributed by atoms with Crippen molar-refractivity contribution in [3.63, 3.8) is 0 Å². The highest BCUT2D eigenvalue weighted by atomic mass is 16.8. The highest BCUT2D eigenvalue weighted by Crippen LogP contribution is 2.44. The van der Waals surface area contributed by atoms with E-state index in [1.807, 2.05) is 0 Å². The van der Waals surface area contributed by atoms with Gasteiger partial charge >= 0.3 is 0 Å². The van der Waals surface area contributed by atoms with Crippen LogP contribution in [0.3, 0.4) is 0 Å². The van der Waals surface area contributed by atoms with Gasteiger partial charge in [-0.2, -0.15) is 0 Å². The first-order chi connectivity index (χ1) is 65.1. The third-order valence-electron chi connectivity index (χ3n) is 25.8. The van der Waals surface area contributed by atoms with Crippen LogP contribution in [0.25, 0.3) is 0 Å². The monoisotopic (exact) mass is 2020 g/mol. The van der Waals surface area contributed by atoms with E-state index >= 15 is 0 Å². The number of hydrogen-bond donors (Lipinski definition) is 37. The van der Waals surface area contributed by atoms with Gasteiger partial charge in [0, 0.05) is 14.0 Å². The molecule has 0 aromatic carbocycles. The lowest BCUT2D eigenvalue weighted by molar-refractivity contribution is -0.410. The first-order valence-electron chi connectivity index (χ1n) is 43.6. The van der Waals surface area contributed by atoms with Crippen LogP contribution in [0.2, 0.25) is 0 Å². The summed E-state index contributed by atoms with van der Waals surface area (Å²) in [4.78, 5) is 13.6. The summed E-state index contributed by atoms with van der Waals surface area (Å²) in [6.07, 6.45) is -130. The number of methoxy groups -OCH3 is 1. The van der Waals surface area contributed by atoms with Gasteiger partial charge in [0.2, 0.25) is 5.91 Å². The molecule has 12 aliphatic heterocycles. The molecule has 0 aliphatic carbocycles. The molecule has 12 heterocycles. The van der Waals surface area contributed by atoms with Gasteiger partial charge in [-0.25, -0.2) is 0 Å². The van der Waals surface area contributed by atoms with Gasteiger partial charge in [0.25, 0.3) is 0 Å². The van der Waals surface area contributed by atoms with Crippen LogP contribution in [0.1, 0.15) is 6.92 Å². The molecule has 12 saturated heterocycles. The number of aliphatic hydroxyl groups excluding tert-OH is 36. The van der Waals surface area contributed by atoms with Gasteiger partial charge in [0.05, 0.1) is 79.3 Å². The van der Waals surface area contributed by atoms with Crippen LogP contribution in [-0.2, 0) is 118 Å². The number of nitrogens with one attached hydrogen (secondary N) is 1. The molecule has 798 valence electrons. The van der Waals surface area contributed by atoms with E-state index < -0.39 is 454 Å². The Balaban J connectivity index is 0.783. The SMILES string of the molecule is CO[C@@H]1[C@H](O)[C@@H](O[C@H]2[C@@H](O[C@@H]3[C@@H](O[C@@H]4[C@H](O)[C@@H](O[C@@H]5C(O)[C@@H](O[C@@H]6[C@H](O)[C@@H](O[C@@H]7[C@H](O)[C@@H](O[C@H]8[C@H](O)[C@@H](CO)O[C@H](O[C@@H]9[C@H](O[C@@H]%10[C@@H](O)[C@@H](O)O[C@H](CO)[C@@H]%10O)O[C@H](CO)[C@@H](O)[C@@H]9O[C@H]9O[C@H](CO)[C@H](O)[C@H](O[C@@H]%10O[C@H](CO)[C@@H](O)[C@H](O)[C@H]%10O)[C@H]9O)[C@@H]8NC(C)=O)O[C@H](CO)[C@H]7O)O[C@H](CO)[C@H]6O)O[C@H](CO)[C@H]5O)O[C@H](CO)[C@H]4O)O[C@H](CO)[C@@H](O)[C@@H]3O)O[C@H](CO)[C@@H](O)[C@@H]2O)O[C@H](CO)[C@H]1O. The number of ether oxygens (including phenoxy) is 24. The van der Waals surface area contributed by atoms with Crippen LogP contribution in [0.4, 0.5) is 0 Å². The lowest BCUT2D eigenvalue weighted by atomic mass is 9.94. The Morgan fingerprint density at radius 3 is 0.679 bits per heavy atom. The molecular weight excluding hydrogens is 1890 g/mol. The molecule has 0 aromatic heterocycles. The first-order valence-corrected chi connectivity index (χ1v) is 43.6. The zero-order valence-electron chi connectivity index (χ0n) is 72.4. The van der Waals surface area contributed by atoms with E-state index in [0.29, 0.717) is 0 Å². The van der Waals surface area contributed by atoms with Crippen molar-refractivity contribution in [2.24, 2.45) is 0 Å². The largest absolute Gasteiger partial charge is 0.394 e. The Labute approximate surface area is 773 Å². The molecule has 62 nitrogen and oxygen atoms in total. The molecule has 0 aromatic rings. The second kappa shape index (κ2) is 49.3. The molecule has 12 aliphatic rings. The van der Waals surface area contributed by atoms with Crippen molar-refractivity contribution < 1.29 is 302 Å². The second-order valence-electron chi connectivity index (χ2n) is 34.5. The third kappa shape index (κ3) is 23.6. The maximum absolute atomic E-state index is 13.6. The molecule has 12 rings (SSSR count). The predicted octanol–water partition coefficient (Wildman–Crippen LogP) is -26.4. The zero-order valence-corrected chi connectivity index (χ0v) is 72.4. The molecule has 12 fully saturated rings. The van der Waals surface area contributed by atoms with Crippen molar-refractivity contribution in [2.75, 3.05) is 86.4 Å². The van der Waals surface area contributed by atoms with Crippen molar-refractivity contribution in [1.82, 2.24) is 5.32 Å². The van der Waals surface area contributed by atoms with E-state index in [0.717, 1.165) is 14.0 Å².